The largest absolute Gasteiger partial charge is 0.466 e. The van der Waals surface area contributed by atoms with Crippen molar-refractivity contribution in [2.45, 2.75) is 32.2 Å². The molecule has 1 aliphatic rings. The van der Waals surface area contributed by atoms with Crippen LogP contribution in [0.4, 0.5) is 0 Å². The lowest BCUT2D eigenvalue weighted by Crippen LogP contribution is -2.26. The van der Waals surface area contributed by atoms with E-state index < -0.39 is 0 Å². The molecule has 0 saturated carbocycles. The van der Waals surface area contributed by atoms with E-state index in [1.165, 1.54) is 0 Å². The Hall–Kier alpha value is -1.25. The van der Waals surface area contributed by atoms with Gasteiger partial charge >= 0.3 is 0 Å². The highest BCUT2D eigenvalue weighted by molar-refractivity contribution is 5.78. The van der Waals surface area contributed by atoms with E-state index >= 15 is 0 Å². The summed E-state index contributed by atoms with van der Waals surface area (Å²) in [5, 5.41) is 2.91. The number of hydrogen-bond acceptors (Lipinski definition) is 2. The molecule has 1 aliphatic heterocycles. The van der Waals surface area contributed by atoms with Crippen molar-refractivity contribution in [3.05, 3.63) is 23.7 Å². The Labute approximate surface area is 77.1 Å². The van der Waals surface area contributed by atoms with Crippen LogP contribution in [0.1, 0.15) is 24.4 Å². The average Bonchev–Trinajstić information content (AvgIpc) is 2.62. The molecule has 2 rings (SSSR count). The predicted octanol–water partition coefficient (Wildman–Crippen LogP) is 1.41. The van der Waals surface area contributed by atoms with Gasteiger partial charge in [-0.3, -0.25) is 4.79 Å². The summed E-state index contributed by atoms with van der Waals surface area (Å²) < 4.78 is 5.43. The Bertz CT molecular complexity index is 316. The number of carbonyl (C=O) groups excluding carboxylic acids is 1. The van der Waals surface area contributed by atoms with Gasteiger partial charge in [-0.05, 0) is 25.5 Å². The van der Waals surface area contributed by atoms with Gasteiger partial charge in [0, 0.05) is 18.9 Å². The third-order valence-electron chi connectivity index (χ3n) is 2.33. The smallest absolute Gasteiger partial charge is 0.220 e. The Balaban J connectivity index is 1.95. The van der Waals surface area contributed by atoms with E-state index in [0.29, 0.717) is 6.42 Å². The van der Waals surface area contributed by atoms with Gasteiger partial charge in [-0.15, -0.1) is 0 Å². The summed E-state index contributed by atoms with van der Waals surface area (Å²) in [6.45, 7) is 1.93. The van der Waals surface area contributed by atoms with E-state index in [0.717, 1.165) is 24.4 Å². The maximum absolute atomic E-state index is 10.9. The molecular weight excluding hydrogens is 166 g/mol. The number of nitrogens with one attached hydrogen (secondary N) is 1. The fourth-order valence-corrected chi connectivity index (χ4v) is 1.67. The molecule has 70 valence electrons. The van der Waals surface area contributed by atoms with E-state index in [-0.39, 0.29) is 11.9 Å². The van der Waals surface area contributed by atoms with Crippen LogP contribution in [0.15, 0.2) is 16.5 Å². The van der Waals surface area contributed by atoms with Crippen LogP contribution in [-0.4, -0.2) is 11.9 Å². The normalized spacial score (nSPS) is 21.9. The SMILES string of the molecule is Cc1ccc(CC2CCC(=O)N2)o1. The van der Waals surface area contributed by atoms with Gasteiger partial charge in [-0.1, -0.05) is 0 Å². The molecule has 0 spiro atoms. The van der Waals surface area contributed by atoms with E-state index in [4.69, 9.17) is 4.42 Å². The molecule has 1 aromatic rings. The van der Waals surface area contributed by atoms with Gasteiger partial charge in [0.05, 0.1) is 0 Å². The molecule has 0 radical (unpaired) electrons. The molecule has 3 heteroatoms. The molecule has 1 fully saturated rings. The highest BCUT2D eigenvalue weighted by Gasteiger charge is 2.21. The minimum absolute atomic E-state index is 0.160. The van der Waals surface area contributed by atoms with Crippen LogP contribution < -0.4 is 5.32 Å². The van der Waals surface area contributed by atoms with Crippen LogP contribution in [-0.2, 0) is 11.2 Å². The third kappa shape index (κ3) is 1.91. The zero-order chi connectivity index (χ0) is 9.26. The Morgan fingerprint density at radius 3 is 3.00 bits per heavy atom. The number of furan rings is 1. The molecule has 1 unspecified atom stereocenters. The highest BCUT2D eigenvalue weighted by atomic mass is 16.3. The molecule has 3 nitrogen and oxygen atoms in total. The second-order valence-corrected chi connectivity index (χ2v) is 3.52. The zero-order valence-electron chi connectivity index (χ0n) is 7.67. The number of rotatable bonds is 2. The first kappa shape index (κ1) is 8.35. The standard InChI is InChI=1S/C10H13NO2/c1-7-2-4-9(13-7)6-8-3-5-10(12)11-8/h2,4,8H,3,5-6H2,1H3,(H,11,12). The quantitative estimate of drug-likeness (QED) is 0.745. The molecule has 1 atom stereocenters. The fourth-order valence-electron chi connectivity index (χ4n) is 1.67. The molecule has 1 saturated heterocycles. The maximum Gasteiger partial charge on any atom is 0.220 e. The number of carbonyl (C=O) groups is 1. The lowest BCUT2D eigenvalue weighted by Gasteiger charge is -2.06. The number of aryl methyl sites for hydroxylation is 1. The van der Waals surface area contributed by atoms with Gasteiger partial charge in [-0.25, -0.2) is 0 Å². The molecule has 1 N–H and O–H groups in total. The average molecular weight is 179 g/mol. The van der Waals surface area contributed by atoms with Crippen molar-refractivity contribution >= 4 is 5.91 Å². The van der Waals surface area contributed by atoms with Crippen molar-refractivity contribution in [2.24, 2.45) is 0 Å². The summed E-state index contributed by atoms with van der Waals surface area (Å²) in [4.78, 5) is 10.9. The predicted molar refractivity (Wildman–Crippen MR) is 48.3 cm³/mol. The van der Waals surface area contributed by atoms with Crippen molar-refractivity contribution in [1.82, 2.24) is 5.32 Å². The van der Waals surface area contributed by atoms with E-state index in [1.807, 2.05) is 19.1 Å². The van der Waals surface area contributed by atoms with Crippen molar-refractivity contribution in [1.29, 1.82) is 0 Å². The van der Waals surface area contributed by atoms with Crippen molar-refractivity contribution < 1.29 is 9.21 Å². The summed E-state index contributed by atoms with van der Waals surface area (Å²) in [6.07, 6.45) is 2.41. The van der Waals surface area contributed by atoms with Gasteiger partial charge in [0.1, 0.15) is 11.5 Å². The molecular formula is C10H13NO2. The molecule has 2 heterocycles. The maximum atomic E-state index is 10.9. The number of amides is 1. The molecule has 0 aromatic carbocycles. The van der Waals surface area contributed by atoms with E-state index in [1.54, 1.807) is 0 Å². The molecule has 0 aliphatic carbocycles. The second kappa shape index (κ2) is 3.24. The topological polar surface area (TPSA) is 42.2 Å². The van der Waals surface area contributed by atoms with Crippen molar-refractivity contribution in [2.75, 3.05) is 0 Å². The third-order valence-corrected chi connectivity index (χ3v) is 2.33. The lowest BCUT2D eigenvalue weighted by atomic mass is 10.1. The van der Waals surface area contributed by atoms with Crippen LogP contribution >= 0.6 is 0 Å². The summed E-state index contributed by atoms with van der Waals surface area (Å²) in [7, 11) is 0. The summed E-state index contributed by atoms with van der Waals surface area (Å²) in [5.74, 6) is 2.05. The first-order valence-corrected chi connectivity index (χ1v) is 4.59. The summed E-state index contributed by atoms with van der Waals surface area (Å²) >= 11 is 0. The molecule has 1 amide bonds. The Morgan fingerprint density at radius 1 is 1.62 bits per heavy atom. The monoisotopic (exact) mass is 179 g/mol. The minimum Gasteiger partial charge on any atom is -0.466 e. The molecule has 1 aromatic heterocycles. The molecule has 0 bridgehead atoms. The highest BCUT2D eigenvalue weighted by Crippen LogP contribution is 2.14. The molecule has 13 heavy (non-hydrogen) atoms. The first-order valence-electron chi connectivity index (χ1n) is 4.59. The lowest BCUT2D eigenvalue weighted by molar-refractivity contribution is -0.119. The van der Waals surface area contributed by atoms with Crippen LogP contribution in [0.25, 0.3) is 0 Å². The van der Waals surface area contributed by atoms with Crippen LogP contribution in [0.3, 0.4) is 0 Å². The summed E-state index contributed by atoms with van der Waals surface area (Å²) in [5.41, 5.74) is 0. The van der Waals surface area contributed by atoms with Crippen LogP contribution in [0, 0.1) is 6.92 Å². The number of hydrogen-bond donors (Lipinski definition) is 1. The Morgan fingerprint density at radius 2 is 2.46 bits per heavy atom. The van der Waals surface area contributed by atoms with Crippen molar-refractivity contribution in [3.8, 4) is 0 Å². The summed E-state index contributed by atoms with van der Waals surface area (Å²) in [6, 6.07) is 4.20. The van der Waals surface area contributed by atoms with Gasteiger partial charge in [0.15, 0.2) is 0 Å². The minimum atomic E-state index is 0.160. The van der Waals surface area contributed by atoms with E-state index in [2.05, 4.69) is 5.32 Å². The van der Waals surface area contributed by atoms with Gasteiger partial charge in [0.2, 0.25) is 5.91 Å². The fraction of sp³-hybridized carbons (Fsp3) is 0.500. The zero-order valence-corrected chi connectivity index (χ0v) is 7.67. The first-order chi connectivity index (χ1) is 6.24. The Kier molecular flexibility index (Phi) is 2.08. The second-order valence-electron chi connectivity index (χ2n) is 3.52. The van der Waals surface area contributed by atoms with Gasteiger partial charge in [-0.2, -0.15) is 0 Å². The van der Waals surface area contributed by atoms with Crippen molar-refractivity contribution in [3.63, 3.8) is 0 Å². The van der Waals surface area contributed by atoms with Gasteiger partial charge in [0.25, 0.3) is 0 Å². The van der Waals surface area contributed by atoms with Crippen LogP contribution in [0.2, 0.25) is 0 Å². The van der Waals surface area contributed by atoms with Crippen LogP contribution in [0.5, 0.6) is 0 Å². The van der Waals surface area contributed by atoms with E-state index in [9.17, 15) is 4.79 Å². The van der Waals surface area contributed by atoms with Gasteiger partial charge < -0.3 is 9.73 Å².